The summed E-state index contributed by atoms with van der Waals surface area (Å²) in [5.74, 6) is -1.77. The molecule has 1 N–H and O–H groups in total. The molecule has 0 aliphatic carbocycles. The number of alkyl halides is 3. The maximum absolute atomic E-state index is 12.5. The van der Waals surface area contributed by atoms with Crippen LogP contribution in [0.2, 0.25) is 0 Å². The Morgan fingerprint density at radius 2 is 1.90 bits per heavy atom. The fourth-order valence-corrected chi connectivity index (χ4v) is 2.55. The third-order valence-corrected chi connectivity index (χ3v) is 3.69. The molecular weight excluding hydrogens is 305 g/mol. The van der Waals surface area contributed by atoms with E-state index in [4.69, 9.17) is 0 Å². The van der Waals surface area contributed by atoms with Gasteiger partial charge in [0, 0.05) is 19.1 Å². The molecule has 2 atom stereocenters. The minimum atomic E-state index is -4.80. The molecule has 21 heavy (non-hydrogen) atoms. The first kappa shape index (κ1) is 17.8. The van der Waals surface area contributed by atoms with Gasteiger partial charge in [-0.15, -0.1) is 12.4 Å². The molecule has 1 aromatic carbocycles. The molecule has 0 unspecified atom stereocenters. The third-order valence-electron chi connectivity index (χ3n) is 3.69. The zero-order chi connectivity index (χ0) is 14.8. The average molecular weight is 323 g/mol. The second kappa shape index (κ2) is 7.13. The third kappa shape index (κ3) is 4.35. The lowest BCUT2D eigenvalue weighted by Crippen LogP contribution is -2.49. The zero-order valence-electron chi connectivity index (χ0n) is 11.6. The van der Waals surface area contributed by atoms with E-state index in [2.05, 4.69) is 5.32 Å². The van der Waals surface area contributed by atoms with Gasteiger partial charge in [-0.2, -0.15) is 13.2 Å². The summed E-state index contributed by atoms with van der Waals surface area (Å²) in [5, 5.41) is 3.28. The van der Waals surface area contributed by atoms with Crippen LogP contribution in [-0.4, -0.2) is 36.6 Å². The summed E-state index contributed by atoms with van der Waals surface area (Å²) in [6, 6.07) is 9.14. The molecular formula is C14H18ClF3N2O. The minimum Gasteiger partial charge on any atom is -0.335 e. The highest BCUT2D eigenvalue weighted by atomic mass is 35.5. The fourth-order valence-electron chi connectivity index (χ4n) is 2.55. The van der Waals surface area contributed by atoms with E-state index in [-0.39, 0.29) is 18.4 Å². The number of carbonyl (C=O) groups is 1. The van der Waals surface area contributed by atoms with Crippen molar-refractivity contribution in [2.24, 2.45) is 0 Å². The Morgan fingerprint density at radius 1 is 1.29 bits per heavy atom. The number of amides is 1. The van der Waals surface area contributed by atoms with Crippen LogP contribution in [0.5, 0.6) is 0 Å². The number of rotatable bonds is 2. The SMILES string of the molecule is CN(C(=O)C(F)(F)F)[C@@H]1CCN[C@H](c2ccccc2)C1.Cl. The van der Waals surface area contributed by atoms with Gasteiger partial charge in [0.1, 0.15) is 0 Å². The molecule has 0 saturated carbocycles. The first-order valence-corrected chi connectivity index (χ1v) is 6.52. The van der Waals surface area contributed by atoms with Gasteiger partial charge in [-0.05, 0) is 24.9 Å². The van der Waals surface area contributed by atoms with E-state index in [0.717, 1.165) is 10.5 Å². The summed E-state index contributed by atoms with van der Waals surface area (Å²) >= 11 is 0. The molecule has 1 heterocycles. The van der Waals surface area contributed by atoms with Crippen molar-refractivity contribution >= 4 is 18.3 Å². The first-order valence-electron chi connectivity index (χ1n) is 6.52. The first-order chi connectivity index (χ1) is 9.39. The van der Waals surface area contributed by atoms with Crippen LogP contribution in [0.4, 0.5) is 13.2 Å². The number of nitrogens with one attached hydrogen (secondary N) is 1. The quantitative estimate of drug-likeness (QED) is 0.908. The average Bonchev–Trinajstić information content (AvgIpc) is 2.46. The number of benzene rings is 1. The molecule has 0 bridgehead atoms. The van der Waals surface area contributed by atoms with Gasteiger partial charge < -0.3 is 10.2 Å². The molecule has 1 saturated heterocycles. The Kier molecular flexibility index (Phi) is 6.04. The van der Waals surface area contributed by atoms with Crippen molar-refractivity contribution in [1.82, 2.24) is 10.2 Å². The smallest absolute Gasteiger partial charge is 0.335 e. The highest BCUT2D eigenvalue weighted by molar-refractivity contribution is 5.85. The number of halogens is 4. The summed E-state index contributed by atoms with van der Waals surface area (Å²) < 4.78 is 37.4. The molecule has 1 aliphatic heterocycles. The topological polar surface area (TPSA) is 32.3 Å². The number of piperidine rings is 1. The van der Waals surface area contributed by atoms with Crippen LogP contribution in [0.25, 0.3) is 0 Å². The van der Waals surface area contributed by atoms with E-state index in [0.29, 0.717) is 19.4 Å². The number of nitrogens with zero attached hydrogens (tertiary/aromatic N) is 1. The predicted molar refractivity (Wildman–Crippen MR) is 76.3 cm³/mol. The van der Waals surface area contributed by atoms with E-state index in [1.165, 1.54) is 7.05 Å². The lowest BCUT2D eigenvalue weighted by atomic mass is 9.93. The van der Waals surface area contributed by atoms with E-state index in [1.807, 2.05) is 30.3 Å². The molecule has 0 radical (unpaired) electrons. The largest absolute Gasteiger partial charge is 0.471 e. The highest BCUT2D eigenvalue weighted by Gasteiger charge is 2.43. The lowest BCUT2D eigenvalue weighted by molar-refractivity contribution is -0.186. The Hall–Kier alpha value is -1.27. The van der Waals surface area contributed by atoms with Crippen LogP contribution in [0.1, 0.15) is 24.4 Å². The maximum atomic E-state index is 12.5. The van der Waals surface area contributed by atoms with Crippen LogP contribution < -0.4 is 5.32 Å². The van der Waals surface area contributed by atoms with Crippen molar-refractivity contribution in [1.29, 1.82) is 0 Å². The number of carbonyl (C=O) groups excluding carboxylic acids is 1. The molecule has 7 heteroatoms. The van der Waals surface area contributed by atoms with Crippen molar-refractivity contribution < 1.29 is 18.0 Å². The Labute approximate surface area is 127 Å². The number of hydrogen-bond acceptors (Lipinski definition) is 2. The van der Waals surface area contributed by atoms with Gasteiger partial charge in [0.25, 0.3) is 0 Å². The molecule has 0 spiro atoms. The molecule has 0 aromatic heterocycles. The standard InChI is InChI=1S/C14H17F3N2O.ClH/c1-19(13(20)14(15,16)17)11-7-8-18-12(9-11)10-5-3-2-4-6-10;/h2-6,11-12,18H,7-9H2,1H3;1H/t11-,12+;/m1./s1. The highest BCUT2D eigenvalue weighted by Crippen LogP contribution is 2.28. The maximum Gasteiger partial charge on any atom is 0.471 e. The van der Waals surface area contributed by atoms with Gasteiger partial charge in [0.05, 0.1) is 0 Å². The summed E-state index contributed by atoms with van der Waals surface area (Å²) in [7, 11) is 1.23. The van der Waals surface area contributed by atoms with E-state index >= 15 is 0 Å². The molecule has 1 aliphatic rings. The van der Waals surface area contributed by atoms with Crippen molar-refractivity contribution in [3.8, 4) is 0 Å². The Balaban J connectivity index is 0.00000220. The van der Waals surface area contributed by atoms with Gasteiger partial charge in [0.15, 0.2) is 0 Å². The number of hydrogen-bond donors (Lipinski definition) is 1. The van der Waals surface area contributed by atoms with E-state index in [9.17, 15) is 18.0 Å². The monoisotopic (exact) mass is 322 g/mol. The molecule has 3 nitrogen and oxygen atoms in total. The van der Waals surface area contributed by atoms with E-state index < -0.39 is 18.1 Å². The fraction of sp³-hybridized carbons (Fsp3) is 0.500. The Morgan fingerprint density at radius 3 is 2.48 bits per heavy atom. The second-order valence-electron chi connectivity index (χ2n) is 5.01. The predicted octanol–water partition coefficient (Wildman–Crippen LogP) is 2.92. The minimum absolute atomic E-state index is 0. The summed E-state index contributed by atoms with van der Waals surface area (Å²) in [6.07, 6.45) is -3.79. The van der Waals surface area contributed by atoms with Gasteiger partial charge in [-0.1, -0.05) is 30.3 Å². The zero-order valence-corrected chi connectivity index (χ0v) is 12.4. The van der Waals surface area contributed by atoms with Crippen LogP contribution in [0, 0.1) is 0 Å². The molecule has 118 valence electrons. The summed E-state index contributed by atoms with van der Waals surface area (Å²) in [6.45, 7) is 0.597. The normalized spacial score (nSPS) is 22.3. The Bertz CT molecular complexity index is 467. The van der Waals surface area contributed by atoms with Crippen molar-refractivity contribution in [3.63, 3.8) is 0 Å². The molecule has 1 amide bonds. The summed E-state index contributed by atoms with van der Waals surface area (Å²) in [5.41, 5.74) is 1.03. The van der Waals surface area contributed by atoms with Crippen LogP contribution >= 0.6 is 12.4 Å². The van der Waals surface area contributed by atoms with Crippen molar-refractivity contribution in [2.75, 3.05) is 13.6 Å². The summed E-state index contributed by atoms with van der Waals surface area (Å²) in [4.78, 5) is 12.1. The van der Waals surface area contributed by atoms with Crippen molar-refractivity contribution in [2.45, 2.75) is 31.1 Å². The van der Waals surface area contributed by atoms with Crippen LogP contribution in [-0.2, 0) is 4.79 Å². The van der Waals surface area contributed by atoms with Crippen LogP contribution in [0.3, 0.4) is 0 Å². The lowest BCUT2D eigenvalue weighted by Gasteiger charge is -2.36. The van der Waals surface area contributed by atoms with Gasteiger partial charge >= 0.3 is 12.1 Å². The molecule has 1 aromatic rings. The second-order valence-corrected chi connectivity index (χ2v) is 5.01. The van der Waals surface area contributed by atoms with E-state index in [1.54, 1.807) is 0 Å². The van der Waals surface area contributed by atoms with Gasteiger partial charge in [0.2, 0.25) is 0 Å². The molecule has 2 rings (SSSR count). The van der Waals surface area contributed by atoms with Gasteiger partial charge in [-0.3, -0.25) is 4.79 Å². The van der Waals surface area contributed by atoms with Gasteiger partial charge in [-0.25, -0.2) is 0 Å². The van der Waals surface area contributed by atoms with Crippen molar-refractivity contribution in [3.05, 3.63) is 35.9 Å². The molecule has 1 fully saturated rings. The van der Waals surface area contributed by atoms with Crippen LogP contribution in [0.15, 0.2) is 30.3 Å².